The van der Waals surface area contributed by atoms with E-state index >= 15 is 0 Å². The summed E-state index contributed by atoms with van der Waals surface area (Å²) in [6.07, 6.45) is 9.83. The van der Waals surface area contributed by atoms with Gasteiger partial charge in [0.2, 0.25) is 0 Å². The maximum Gasteiger partial charge on any atom is 0.340 e. The minimum absolute atomic E-state index is 0.290. The number of aromatic nitrogens is 3. The minimum Gasteiger partial charge on any atom is -0.462 e. The lowest BCUT2D eigenvalue weighted by molar-refractivity contribution is 0.0526. The quantitative estimate of drug-likeness (QED) is 0.630. The molecule has 0 spiro atoms. The third-order valence-electron chi connectivity index (χ3n) is 4.30. The first kappa shape index (κ1) is 17.9. The lowest BCUT2D eigenvalue weighted by atomic mass is 9.98. The molecule has 0 aromatic carbocycles. The highest BCUT2D eigenvalue weighted by Crippen LogP contribution is 2.35. The van der Waals surface area contributed by atoms with Crippen molar-refractivity contribution < 1.29 is 9.53 Å². The number of H-pyrrole nitrogens is 1. The van der Waals surface area contributed by atoms with Crippen molar-refractivity contribution in [1.29, 1.82) is 0 Å². The van der Waals surface area contributed by atoms with E-state index in [2.05, 4.69) is 21.9 Å². The number of carbonyl (C=O) groups is 1. The van der Waals surface area contributed by atoms with E-state index in [4.69, 9.17) is 4.74 Å². The standard InChI is InChI=1S/C21H23N3O2/c1-3-5-6-17-18(21(25)26-4-2)20(16-9-13-23-14-10-16)24-19(17)15-7-11-22-12-8-15/h7-14,24H,3-6H2,1-2H3. The van der Waals surface area contributed by atoms with Crippen LogP contribution in [-0.2, 0) is 11.2 Å². The first-order valence-corrected chi connectivity index (χ1v) is 8.99. The molecule has 0 unspecified atom stereocenters. The SMILES string of the molecule is CCCCc1c(-c2ccncc2)[nH]c(-c2ccncc2)c1C(=O)OCC. The molecule has 5 heteroatoms. The van der Waals surface area contributed by atoms with Crippen molar-refractivity contribution in [3.63, 3.8) is 0 Å². The van der Waals surface area contributed by atoms with Crippen LogP contribution in [0.1, 0.15) is 42.6 Å². The van der Waals surface area contributed by atoms with Crippen molar-refractivity contribution in [1.82, 2.24) is 15.0 Å². The zero-order valence-electron chi connectivity index (χ0n) is 15.2. The number of hydrogen-bond donors (Lipinski definition) is 1. The normalized spacial score (nSPS) is 10.7. The summed E-state index contributed by atoms with van der Waals surface area (Å²) >= 11 is 0. The summed E-state index contributed by atoms with van der Waals surface area (Å²) < 4.78 is 5.37. The maximum absolute atomic E-state index is 12.8. The lowest BCUT2D eigenvalue weighted by Crippen LogP contribution is -2.08. The minimum atomic E-state index is -0.290. The van der Waals surface area contributed by atoms with E-state index in [1.807, 2.05) is 31.2 Å². The third-order valence-corrected chi connectivity index (χ3v) is 4.30. The second kappa shape index (κ2) is 8.43. The van der Waals surface area contributed by atoms with Gasteiger partial charge in [0.15, 0.2) is 0 Å². The molecule has 26 heavy (non-hydrogen) atoms. The molecule has 0 saturated heterocycles. The van der Waals surface area contributed by atoms with Crippen LogP contribution in [0.5, 0.6) is 0 Å². The highest BCUT2D eigenvalue weighted by molar-refractivity contribution is 6.00. The smallest absolute Gasteiger partial charge is 0.340 e. The summed E-state index contributed by atoms with van der Waals surface area (Å²) in [7, 11) is 0. The van der Waals surface area contributed by atoms with Gasteiger partial charge in [-0.1, -0.05) is 13.3 Å². The molecule has 3 heterocycles. The molecule has 134 valence electrons. The average molecular weight is 349 g/mol. The second-order valence-electron chi connectivity index (χ2n) is 6.02. The van der Waals surface area contributed by atoms with Crippen LogP contribution in [0.4, 0.5) is 0 Å². The van der Waals surface area contributed by atoms with Gasteiger partial charge >= 0.3 is 5.97 Å². The highest BCUT2D eigenvalue weighted by atomic mass is 16.5. The number of hydrogen-bond acceptors (Lipinski definition) is 4. The number of aromatic amines is 1. The van der Waals surface area contributed by atoms with Crippen molar-refractivity contribution in [2.24, 2.45) is 0 Å². The Morgan fingerprint density at radius 1 is 0.962 bits per heavy atom. The topological polar surface area (TPSA) is 67.9 Å². The van der Waals surface area contributed by atoms with Gasteiger partial charge in [-0.25, -0.2) is 4.79 Å². The molecular formula is C21H23N3O2. The second-order valence-corrected chi connectivity index (χ2v) is 6.02. The molecule has 0 atom stereocenters. The fraction of sp³-hybridized carbons (Fsp3) is 0.286. The van der Waals surface area contributed by atoms with Gasteiger partial charge in [-0.3, -0.25) is 9.97 Å². The molecule has 1 N–H and O–H groups in total. The zero-order chi connectivity index (χ0) is 18.4. The van der Waals surface area contributed by atoms with E-state index in [1.165, 1.54) is 0 Å². The molecule has 0 aliphatic heterocycles. The molecule has 0 radical (unpaired) electrons. The summed E-state index contributed by atoms with van der Waals surface area (Å²) in [5.74, 6) is -0.290. The third kappa shape index (κ3) is 3.67. The Kier molecular flexibility index (Phi) is 5.79. The molecule has 0 aliphatic carbocycles. The molecule has 0 bridgehead atoms. The highest BCUT2D eigenvalue weighted by Gasteiger charge is 2.25. The summed E-state index contributed by atoms with van der Waals surface area (Å²) in [6.45, 7) is 4.32. The summed E-state index contributed by atoms with van der Waals surface area (Å²) in [5, 5.41) is 0. The Morgan fingerprint density at radius 3 is 2.08 bits per heavy atom. The Labute approximate surface area is 153 Å². The van der Waals surface area contributed by atoms with Gasteiger partial charge < -0.3 is 9.72 Å². The first-order chi connectivity index (χ1) is 12.8. The maximum atomic E-state index is 12.8. The van der Waals surface area contributed by atoms with Gasteiger partial charge in [0.1, 0.15) is 0 Å². The zero-order valence-corrected chi connectivity index (χ0v) is 15.2. The van der Waals surface area contributed by atoms with Gasteiger partial charge in [0, 0.05) is 35.9 Å². The molecule has 0 amide bonds. The molecule has 0 aliphatic rings. The number of pyridine rings is 2. The Morgan fingerprint density at radius 2 is 1.54 bits per heavy atom. The van der Waals surface area contributed by atoms with Gasteiger partial charge in [0.25, 0.3) is 0 Å². The Hall–Kier alpha value is -2.95. The molecule has 3 rings (SSSR count). The predicted octanol–water partition coefficient (Wildman–Crippen LogP) is 4.66. The number of ether oxygens (including phenoxy) is 1. The van der Waals surface area contributed by atoms with Crippen LogP contribution in [0, 0.1) is 0 Å². The Bertz CT molecular complexity index is 858. The number of rotatable bonds is 7. The van der Waals surface area contributed by atoms with Crippen LogP contribution >= 0.6 is 0 Å². The van der Waals surface area contributed by atoms with Crippen LogP contribution in [-0.4, -0.2) is 27.5 Å². The van der Waals surface area contributed by atoms with Gasteiger partial charge in [0.05, 0.1) is 23.6 Å². The summed E-state index contributed by atoms with van der Waals surface area (Å²) in [6, 6.07) is 7.70. The average Bonchev–Trinajstić information content (AvgIpc) is 3.07. The van der Waals surface area contributed by atoms with Gasteiger partial charge in [-0.2, -0.15) is 0 Å². The van der Waals surface area contributed by atoms with E-state index in [-0.39, 0.29) is 5.97 Å². The number of nitrogens with one attached hydrogen (secondary N) is 1. The van der Waals surface area contributed by atoms with Crippen molar-refractivity contribution in [2.45, 2.75) is 33.1 Å². The van der Waals surface area contributed by atoms with Crippen molar-refractivity contribution >= 4 is 5.97 Å². The number of esters is 1. The fourth-order valence-electron chi connectivity index (χ4n) is 3.07. The largest absolute Gasteiger partial charge is 0.462 e. The van der Waals surface area contributed by atoms with Crippen LogP contribution in [0.15, 0.2) is 49.1 Å². The lowest BCUT2D eigenvalue weighted by Gasteiger charge is -2.08. The summed E-state index contributed by atoms with van der Waals surface area (Å²) in [5.41, 5.74) is 5.29. The van der Waals surface area contributed by atoms with Crippen molar-refractivity contribution in [2.75, 3.05) is 6.61 Å². The van der Waals surface area contributed by atoms with Crippen molar-refractivity contribution in [3.05, 3.63) is 60.2 Å². The van der Waals surface area contributed by atoms with Gasteiger partial charge in [-0.05, 0) is 49.6 Å². The monoisotopic (exact) mass is 349 g/mol. The molecular weight excluding hydrogens is 326 g/mol. The molecule has 3 aromatic heterocycles. The van der Waals surface area contributed by atoms with Gasteiger partial charge in [-0.15, -0.1) is 0 Å². The molecule has 0 fully saturated rings. The van der Waals surface area contributed by atoms with E-state index in [0.717, 1.165) is 47.3 Å². The molecule has 3 aromatic rings. The van der Waals surface area contributed by atoms with Crippen molar-refractivity contribution in [3.8, 4) is 22.5 Å². The van der Waals surface area contributed by atoms with E-state index in [0.29, 0.717) is 12.2 Å². The number of nitrogens with zero attached hydrogens (tertiary/aromatic N) is 2. The van der Waals surface area contributed by atoms with E-state index in [9.17, 15) is 4.79 Å². The van der Waals surface area contributed by atoms with E-state index in [1.54, 1.807) is 24.8 Å². The Balaban J connectivity index is 2.22. The van der Waals surface area contributed by atoms with Crippen LogP contribution in [0.25, 0.3) is 22.5 Å². The van der Waals surface area contributed by atoms with Crippen LogP contribution < -0.4 is 0 Å². The number of unbranched alkanes of at least 4 members (excludes halogenated alkanes) is 1. The fourth-order valence-corrected chi connectivity index (χ4v) is 3.07. The summed E-state index contributed by atoms with van der Waals surface area (Å²) in [4.78, 5) is 24.5. The number of carbonyl (C=O) groups excluding carboxylic acids is 1. The van der Waals surface area contributed by atoms with Crippen LogP contribution in [0.2, 0.25) is 0 Å². The van der Waals surface area contributed by atoms with Crippen LogP contribution in [0.3, 0.4) is 0 Å². The first-order valence-electron chi connectivity index (χ1n) is 8.99. The van der Waals surface area contributed by atoms with E-state index < -0.39 is 0 Å². The molecule has 5 nitrogen and oxygen atoms in total. The molecule has 0 saturated carbocycles. The predicted molar refractivity (Wildman–Crippen MR) is 102 cm³/mol.